The molecule has 0 fully saturated rings. The molecule has 4 heteroatoms. The van der Waals surface area contributed by atoms with E-state index in [0.29, 0.717) is 0 Å². The third kappa shape index (κ3) is 4.11. The second kappa shape index (κ2) is 7.66. The molecule has 0 spiro atoms. The number of hydrogen-bond acceptors (Lipinski definition) is 3. The number of likely N-dealkylation sites (N-methyl/N-ethyl adjacent to an activating group) is 1. The SMILES string of the molecule is CNC(Cc1ccc(I)cc1)c1ccc(OC)c(OC)c1. The molecule has 3 nitrogen and oxygen atoms in total. The van der Waals surface area contributed by atoms with Gasteiger partial charge in [-0.25, -0.2) is 0 Å². The summed E-state index contributed by atoms with van der Waals surface area (Å²) >= 11 is 2.32. The van der Waals surface area contributed by atoms with Crippen molar-refractivity contribution in [2.75, 3.05) is 21.3 Å². The van der Waals surface area contributed by atoms with Crippen molar-refractivity contribution >= 4 is 22.6 Å². The zero-order valence-electron chi connectivity index (χ0n) is 12.5. The highest BCUT2D eigenvalue weighted by Gasteiger charge is 2.13. The Kier molecular flexibility index (Phi) is 5.87. The van der Waals surface area contributed by atoms with Gasteiger partial charge in [0, 0.05) is 9.61 Å². The van der Waals surface area contributed by atoms with E-state index in [9.17, 15) is 0 Å². The normalized spacial score (nSPS) is 12.0. The molecule has 0 bridgehead atoms. The Hall–Kier alpha value is -1.27. The Bertz CT molecular complexity index is 584. The van der Waals surface area contributed by atoms with Crippen LogP contribution in [0.15, 0.2) is 42.5 Å². The molecule has 0 heterocycles. The van der Waals surface area contributed by atoms with Crippen LogP contribution in [0.1, 0.15) is 17.2 Å². The van der Waals surface area contributed by atoms with E-state index < -0.39 is 0 Å². The van der Waals surface area contributed by atoms with Gasteiger partial charge in [0.2, 0.25) is 0 Å². The summed E-state index contributed by atoms with van der Waals surface area (Å²) in [5, 5.41) is 3.37. The van der Waals surface area contributed by atoms with Gasteiger partial charge < -0.3 is 14.8 Å². The Labute approximate surface area is 139 Å². The number of methoxy groups -OCH3 is 2. The molecule has 0 saturated carbocycles. The fourth-order valence-electron chi connectivity index (χ4n) is 2.31. The van der Waals surface area contributed by atoms with Gasteiger partial charge in [-0.15, -0.1) is 0 Å². The van der Waals surface area contributed by atoms with Crippen LogP contribution < -0.4 is 14.8 Å². The summed E-state index contributed by atoms with van der Waals surface area (Å²) in [7, 11) is 5.29. The van der Waals surface area contributed by atoms with Crippen LogP contribution in [0, 0.1) is 3.57 Å². The van der Waals surface area contributed by atoms with Crippen LogP contribution in [0.5, 0.6) is 11.5 Å². The van der Waals surface area contributed by atoms with Gasteiger partial charge in [0.1, 0.15) is 0 Å². The van der Waals surface area contributed by atoms with Gasteiger partial charge in [0.25, 0.3) is 0 Å². The maximum Gasteiger partial charge on any atom is 0.161 e. The van der Waals surface area contributed by atoms with E-state index in [1.54, 1.807) is 14.2 Å². The van der Waals surface area contributed by atoms with Gasteiger partial charge in [-0.1, -0.05) is 18.2 Å². The fraction of sp³-hybridized carbons (Fsp3) is 0.294. The van der Waals surface area contributed by atoms with Gasteiger partial charge in [-0.3, -0.25) is 0 Å². The number of rotatable bonds is 6. The third-order valence-corrected chi connectivity index (χ3v) is 4.23. The fourth-order valence-corrected chi connectivity index (χ4v) is 2.67. The highest BCUT2D eigenvalue weighted by atomic mass is 127. The van der Waals surface area contributed by atoms with Crippen LogP contribution in [-0.2, 0) is 6.42 Å². The van der Waals surface area contributed by atoms with E-state index in [1.807, 2.05) is 19.2 Å². The average molecular weight is 397 g/mol. The summed E-state index contributed by atoms with van der Waals surface area (Å²) in [6.07, 6.45) is 0.933. The Morgan fingerprint density at radius 1 is 1.00 bits per heavy atom. The second-order valence-corrected chi connectivity index (χ2v) is 6.03. The van der Waals surface area contributed by atoms with Gasteiger partial charge >= 0.3 is 0 Å². The lowest BCUT2D eigenvalue weighted by molar-refractivity contribution is 0.354. The summed E-state index contributed by atoms with van der Waals surface area (Å²) in [5.74, 6) is 1.52. The number of halogens is 1. The van der Waals surface area contributed by atoms with Crippen LogP contribution in [0.4, 0.5) is 0 Å². The van der Waals surface area contributed by atoms with Crippen molar-refractivity contribution in [1.29, 1.82) is 0 Å². The first-order chi connectivity index (χ1) is 10.2. The molecule has 2 aromatic rings. The van der Waals surface area contributed by atoms with E-state index in [1.165, 1.54) is 14.7 Å². The summed E-state index contributed by atoms with van der Waals surface area (Å²) in [6, 6.07) is 14.9. The van der Waals surface area contributed by atoms with E-state index in [-0.39, 0.29) is 6.04 Å². The van der Waals surface area contributed by atoms with E-state index in [4.69, 9.17) is 9.47 Å². The monoisotopic (exact) mass is 397 g/mol. The van der Waals surface area contributed by atoms with E-state index >= 15 is 0 Å². The standard InChI is InChI=1S/C17H20INO2/c1-19-15(10-12-4-7-14(18)8-5-12)13-6-9-16(20-2)17(11-13)21-3/h4-9,11,15,19H,10H2,1-3H3. The number of hydrogen-bond donors (Lipinski definition) is 1. The Balaban J connectivity index is 2.22. The topological polar surface area (TPSA) is 30.5 Å². The van der Waals surface area contributed by atoms with E-state index in [2.05, 4.69) is 58.2 Å². The Morgan fingerprint density at radius 3 is 2.24 bits per heavy atom. The lowest BCUT2D eigenvalue weighted by Gasteiger charge is -2.18. The lowest BCUT2D eigenvalue weighted by Crippen LogP contribution is -2.19. The van der Waals surface area contributed by atoms with Crippen molar-refractivity contribution in [3.63, 3.8) is 0 Å². The van der Waals surface area contributed by atoms with Crippen LogP contribution in [0.2, 0.25) is 0 Å². The van der Waals surface area contributed by atoms with Crippen molar-refractivity contribution in [1.82, 2.24) is 5.32 Å². The van der Waals surface area contributed by atoms with Crippen molar-refractivity contribution in [2.24, 2.45) is 0 Å². The minimum Gasteiger partial charge on any atom is -0.493 e. The van der Waals surface area contributed by atoms with Crippen molar-refractivity contribution in [2.45, 2.75) is 12.5 Å². The zero-order valence-corrected chi connectivity index (χ0v) is 14.7. The predicted molar refractivity (Wildman–Crippen MR) is 94.2 cm³/mol. The highest BCUT2D eigenvalue weighted by Crippen LogP contribution is 2.31. The molecule has 0 aliphatic rings. The first kappa shape index (κ1) is 16.1. The molecule has 0 aliphatic heterocycles. The van der Waals surface area contributed by atoms with E-state index in [0.717, 1.165) is 17.9 Å². The average Bonchev–Trinajstić information content (AvgIpc) is 2.53. The van der Waals surface area contributed by atoms with Crippen molar-refractivity contribution in [3.05, 3.63) is 57.2 Å². The molecule has 0 radical (unpaired) electrons. The molecular weight excluding hydrogens is 377 g/mol. The highest BCUT2D eigenvalue weighted by molar-refractivity contribution is 14.1. The van der Waals surface area contributed by atoms with Crippen LogP contribution in [0.25, 0.3) is 0 Å². The molecule has 112 valence electrons. The minimum atomic E-state index is 0.241. The van der Waals surface area contributed by atoms with Crippen molar-refractivity contribution in [3.8, 4) is 11.5 Å². The van der Waals surface area contributed by atoms with Crippen LogP contribution >= 0.6 is 22.6 Å². The predicted octanol–water partition coefficient (Wildman–Crippen LogP) is 3.81. The third-order valence-electron chi connectivity index (χ3n) is 3.51. The molecule has 2 aromatic carbocycles. The summed E-state index contributed by atoms with van der Waals surface area (Å²) < 4.78 is 11.9. The second-order valence-electron chi connectivity index (χ2n) is 4.79. The molecule has 1 unspecified atom stereocenters. The molecule has 0 amide bonds. The van der Waals surface area contributed by atoms with Gasteiger partial charge in [0.05, 0.1) is 14.2 Å². The number of benzene rings is 2. The maximum absolute atomic E-state index is 5.38. The van der Waals surface area contributed by atoms with Crippen molar-refractivity contribution < 1.29 is 9.47 Å². The summed E-state index contributed by atoms with van der Waals surface area (Å²) in [4.78, 5) is 0. The Morgan fingerprint density at radius 2 is 1.67 bits per heavy atom. The molecule has 1 N–H and O–H groups in total. The number of ether oxygens (including phenoxy) is 2. The van der Waals surface area contributed by atoms with Gasteiger partial charge in [-0.05, 0) is 71.5 Å². The molecule has 2 rings (SSSR count). The lowest BCUT2D eigenvalue weighted by atomic mass is 9.98. The molecule has 21 heavy (non-hydrogen) atoms. The molecule has 1 atom stereocenters. The van der Waals surface area contributed by atoms with Gasteiger partial charge in [0.15, 0.2) is 11.5 Å². The largest absolute Gasteiger partial charge is 0.493 e. The quantitative estimate of drug-likeness (QED) is 0.753. The van der Waals surface area contributed by atoms with Gasteiger partial charge in [-0.2, -0.15) is 0 Å². The maximum atomic E-state index is 5.38. The molecule has 0 aromatic heterocycles. The summed E-state index contributed by atoms with van der Waals surface area (Å²) in [5.41, 5.74) is 2.50. The number of nitrogens with one attached hydrogen (secondary N) is 1. The molecular formula is C17H20INO2. The first-order valence-corrected chi connectivity index (χ1v) is 7.89. The van der Waals surface area contributed by atoms with Crippen LogP contribution in [0.3, 0.4) is 0 Å². The first-order valence-electron chi connectivity index (χ1n) is 6.81. The zero-order chi connectivity index (χ0) is 15.2. The minimum absolute atomic E-state index is 0.241. The summed E-state index contributed by atoms with van der Waals surface area (Å²) in [6.45, 7) is 0. The molecule has 0 aliphatic carbocycles. The van der Waals surface area contributed by atoms with Crippen LogP contribution in [-0.4, -0.2) is 21.3 Å². The smallest absolute Gasteiger partial charge is 0.161 e. The molecule has 0 saturated heterocycles.